The molecule has 2 N–H and O–H groups in total. The lowest BCUT2D eigenvalue weighted by atomic mass is 9.52. The number of hydrogen-bond acceptors (Lipinski definition) is 3. The molecule has 0 spiro atoms. The predicted octanol–water partition coefficient (Wildman–Crippen LogP) is -0.0980. The van der Waals surface area contributed by atoms with Gasteiger partial charge < -0.3 is 15.4 Å². The van der Waals surface area contributed by atoms with Crippen molar-refractivity contribution >= 4 is 27.7 Å². The third kappa shape index (κ3) is 6.17. The predicted molar refractivity (Wildman–Crippen MR) is 86.2 cm³/mol. The van der Waals surface area contributed by atoms with Gasteiger partial charge in [0.15, 0.2) is 0 Å². The van der Waals surface area contributed by atoms with Gasteiger partial charge in [-0.2, -0.15) is 0 Å². The molecule has 0 saturated heterocycles. The highest BCUT2D eigenvalue weighted by atomic mass is 16.6. The highest BCUT2D eigenvalue weighted by Gasteiger charge is 2.39. The molecule has 0 rings (SSSR count). The average molecular weight is 280 g/mol. The van der Waals surface area contributed by atoms with Crippen molar-refractivity contribution in [2.45, 2.75) is 58.0 Å². The largest absolute Gasteiger partial charge is 0.444 e. The topological polar surface area (TPSA) is 67.4 Å². The van der Waals surface area contributed by atoms with Crippen LogP contribution in [-0.2, 0) is 9.53 Å². The van der Waals surface area contributed by atoms with Crippen molar-refractivity contribution in [2.75, 3.05) is 0 Å². The maximum Gasteiger partial charge on any atom is 0.406 e. The zero-order valence-corrected chi connectivity index (χ0v) is 13.9. The van der Waals surface area contributed by atoms with E-state index >= 15 is 0 Å². The van der Waals surface area contributed by atoms with Crippen LogP contribution in [0.1, 0.15) is 41.5 Å². The normalized spacial score (nSPS) is 13.1. The fraction of sp³-hybridized carbons (Fsp3) is 0.692. The van der Waals surface area contributed by atoms with Crippen LogP contribution in [0.3, 0.4) is 0 Å². The number of alkyl carbamates (subject to hydrolysis) is 1. The highest BCUT2D eigenvalue weighted by molar-refractivity contribution is 6.42. The second-order valence-corrected chi connectivity index (χ2v) is 6.87. The summed E-state index contributed by atoms with van der Waals surface area (Å²) in [6.07, 6.45) is 2.61. The third-order valence-corrected chi connectivity index (χ3v) is 3.13. The van der Waals surface area contributed by atoms with Gasteiger partial charge in [0.1, 0.15) is 21.3 Å². The van der Waals surface area contributed by atoms with E-state index in [0.717, 1.165) is 0 Å². The summed E-state index contributed by atoms with van der Waals surface area (Å²) in [5.41, 5.74) is -1.20. The molecule has 0 saturated carbocycles. The second-order valence-electron chi connectivity index (χ2n) is 6.87. The molecule has 0 aliphatic carbocycles. The van der Waals surface area contributed by atoms with E-state index in [-0.39, 0.29) is 5.91 Å². The number of nitrogens with one attached hydrogen (secondary N) is 2. The van der Waals surface area contributed by atoms with Crippen LogP contribution in [0.4, 0.5) is 4.79 Å². The van der Waals surface area contributed by atoms with E-state index < -0.39 is 22.6 Å². The van der Waals surface area contributed by atoms with Gasteiger partial charge in [-0.25, -0.2) is 4.79 Å². The van der Waals surface area contributed by atoms with E-state index in [1.165, 1.54) is 6.08 Å². The van der Waals surface area contributed by atoms with Crippen molar-refractivity contribution in [2.24, 2.45) is 0 Å². The maximum absolute atomic E-state index is 11.9. The quantitative estimate of drug-likeness (QED) is 0.558. The number of carbonyl (C=O) groups is 2. The van der Waals surface area contributed by atoms with Gasteiger partial charge in [-0.1, -0.05) is 6.08 Å². The third-order valence-electron chi connectivity index (χ3n) is 3.13. The Bertz CT molecular complexity index is 399. The van der Waals surface area contributed by atoms with Crippen LogP contribution >= 0.6 is 0 Å². The first kappa shape index (κ1) is 18.6. The van der Waals surface area contributed by atoms with Crippen LogP contribution in [0.5, 0.6) is 0 Å². The molecule has 0 unspecified atom stereocenters. The molecule has 0 fully saturated rings. The lowest BCUT2D eigenvalue weighted by Crippen LogP contribution is -2.69. The minimum Gasteiger partial charge on any atom is -0.444 e. The van der Waals surface area contributed by atoms with E-state index in [9.17, 15) is 9.59 Å². The summed E-state index contributed by atoms with van der Waals surface area (Å²) in [5.74, 6) is -0.198. The van der Waals surface area contributed by atoms with Crippen LogP contribution in [-0.4, -0.2) is 44.2 Å². The van der Waals surface area contributed by atoms with Crippen molar-refractivity contribution in [3.8, 4) is 0 Å². The van der Waals surface area contributed by atoms with Gasteiger partial charge >= 0.3 is 6.09 Å². The summed E-state index contributed by atoms with van der Waals surface area (Å²) < 4.78 is 5.24. The summed E-state index contributed by atoms with van der Waals surface area (Å²) in [7, 11) is 3.68. The van der Waals surface area contributed by atoms with Crippen LogP contribution in [0.2, 0.25) is 0 Å². The number of amides is 2. The molecule has 20 heavy (non-hydrogen) atoms. The van der Waals surface area contributed by atoms with Gasteiger partial charge in [-0.3, -0.25) is 4.79 Å². The molecule has 112 valence electrons. The molecule has 0 aliphatic rings. The number of allylic oxidation sites excluding steroid dienone is 1. The summed E-state index contributed by atoms with van der Waals surface area (Å²) in [6, 6.07) is 0. The lowest BCUT2D eigenvalue weighted by molar-refractivity contribution is -0.118. The molecule has 0 radical (unpaired) electrons. The Hall–Kier alpha value is -1.39. The van der Waals surface area contributed by atoms with E-state index in [1.807, 2.05) is 29.5 Å². The number of rotatable bonds is 4. The van der Waals surface area contributed by atoms with Crippen molar-refractivity contribution in [3.63, 3.8) is 0 Å². The second kappa shape index (κ2) is 6.37. The van der Waals surface area contributed by atoms with Crippen LogP contribution in [0.15, 0.2) is 12.2 Å². The first-order chi connectivity index (χ1) is 8.81. The Balaban J connectivity index is 4.84. The summed E-state index contributed by atoms with van der Waals surface area (Å²) in [4.78, 5) is 23.6. The first-order valence-electron chi connectivity index (χ1n) is 6.77. The van der Waals surface area contributed by atoms with Gasteiger partial charge in [0.05, 0.1) is 0 Å². The SMILES string of the molecule is BC(B)(NC(=O)OC(C)(C)C)C(C)(C)NC(=O)/C=C/C. The fourth-order valence-corrected chi connectivity index (χ4v) is 1.37. The summed E-state index contributed by atoms with van der Waals surface area (Å²) in [5, 5.41) is 5.00. The molecule has 2 amide bonds. The molecule has 0 aromatic rings. The molecule has 0 aliphatic heterocycles. The van der Waals surface area contributed by atoms with Crippen molar-refractivity contribution in [1.82, 2.24) is 10.6 Å². The van der Waals surface area contributed by atoms with Crippen molar-refractivity contribution in [3.05, 3.63) is 12.2 Å². The fourth-order valence-electron chi connectivity index (χ4n) is 1.37. The van der Waals surface area contributed by atoms with E-state index in [0.29, 0.717) is 0 Å². The smallest absolute Gasteiger partial charge is 0.406 e. The van der Waals surface area contributed by atoms with Crippen molar-refractivity contribution < 1.29 is 14.3 Å². The monoisotopic (exact) mass is 280 g/mol. The summed E-state index contributed by atoms with van der Waals surface area (Å²) in [6.45, 7) is 10.9. The molecule has 0 aromatic heterocycles. The standard InChI is InChI=1S/C13H26B2N2O3/c1-7-8-9(18)16-12(5,6)13(14,15)17-10(19)20-11(2,3)4/h7-8H,14-15H2,1-6H3,(H,16,18)(H,17,19)/b8-7+. The van der Waals surface area contributed by atoms with Crippen LogP contribution < -0.4 is 10.6 Å². The van der Waals surface area contributed by atoms with Crippen LogP contribution in [0, 0.1) is 0 Å². The first-order valence-corrected chi connectivity index (χ1v) is 6.77. The van der Waals surface area contributed by atoms with Gasteiger partial charge in [0.2, 0.25) is 5.91 Å². The number of hydrogen-bond donors (Lipinski definition) is 2. The molecule has 5 nitrogen and oxygen atoms in total. The van der Waals surface area contributed by atoms with E-state index in [4.69, 9.17) is 4.74 Å². The zero-order valence-electron chi connectivity index (χ0n) is 13.9. The Morgan fingerprint density at radius 1 is 1.05 bits per heavy atom. The Morgan fingerprint density at radius 3 is 1.95 bits per heavy atom. The lowest BCUT2D eigenvalue weighted by Gasteiger charge is -2.43. The zero-order chi connectivity index (χ0) is 16.2. The molecule has 0 atom stereocenters. The number of carbonyl (C=O) groups excluding carboxylic acids is 2. The molecule has 0 aromatic carbocycles. The van der Waals surface area contributed by atoms with E-state index in [2.05, 4.69) is 10.6 Å². The van der Waals surface area contributed by atoms with Crippen molar-refractivity contribution in [1.29, 1.82) is 0 Å². The Morgan fingerprint density at radius 2 is 1.55 bits per heavy atom. The molecule has 0 bridgehead atoms. The summed E-state index contributed by atoms with van der Waals surface area (Å²) >= 11 is 0. The highest BCUT2D eigenvalue weighted by Crippen LogP contribution is 2.17. The average Bonchev–Trinajstić information content (AvgIpc) is 2.11. The van der Waals surface area contributed by atoms with Crippen LogP contribution in [0.25, 0.3) is 0 Å². The van der Waals surface area contributed by atoms with Gasteiger partial charge in [0.25, 0.3) is 0 Å². The Labute approximate surface area is 123 Å². The molecular weight excluding hydrogens is 254 g/mol. The van der Waals surface area contributed by atoms with Gasteiger partial charge in [-0.05, 0) is 47.6 Å². The molecule has 0 heterocycles. The molecule has 7 heteroatoms. The van der Waals surface area contributed by atoms with Gasteiger partial charge in [0, 0.05) is 10.9 Å². The minimum atomic E-state index is -0.674. The van der Waals surface area contributed by atoms with E-state index in [1.54, 1.807) is 33.8 Å². The number of ether oxygens (including phenoxy) is 1. The van der Waals surface area contributed by atoms with Gasteiger partial charge in [-0.15, -0.1) is 0 Å². The minimum absolute atomic E-state index is 0.198. The Kier molecular flexibility index (Phi) is 5.93. The molecular formula is C13H26B2N2O3. The maximum atomic E-state index is 11.9.